The van der Waals surface area contributed by atoms with Crippen LogP contribution in [0.15, 0.2) is 23.4 Å². The Morgan fingerprint density at radius 3 is 2.55 bits per heavy atom. The number of amides is 1. The topological polar surface area (TPSA) is 119 Å². The minimum atomic E-state index is -0.386. The molecule has 1 rings (SSSR count). The third kappa shape index (κ3) is 3.78. The highest BCUT2D eigenvalue weighted by Gasteiger charge is 2.21. The van der Waals surface area contributed by atoms with Gasteiger partial charge < -0.3 is 26.1 Å². The number of phenols is 2. The molecule has 0 aliphatic heterocycles. The molecule has 0 heterocycles. The lowest BCUT2D eigenvalue weighted by molar-refractivity contribution is 0.0708. The van der Waals surface area contributed by atoms with Crippen molar-refractivity contribution in [2.45, 2.75) is 26.3 Å². The first kappa shape index (κ1) is 15.6. The molecule has 1 aromatic rings. The zero-order chi connectivity index (χ0) is 15.3. The summed E-state index contributed by atoms with van der Waals surface area (Å²) in [5, 5.41) is 30.3. The second kappa shape index (κ2) is 6.65. The van der Waals surface area contributed by atoms with Gasteiger partial charge in [0.1, 0.15) is 17.3 Å². The van der Waals surface area contributed by atoms with Crippen LogP contribution in [0.2, 0.25) is 0 Å². The third-order valence-corrected chi connectivity index (χ3v) is 2.83. The van der Waals surface area contributed by atoms with Crippen LogP contribution in [0.4, 0.5) is 0 Å². The molecule has 20 heavy (non-hydrogen) atoms. The molecule has 0 bridgehead atoms. The van der Waals surface area contributed by atoms with E-state index in [2.05, 4.69) is 5.16 Å². The molecule has 0 radical (unpaired) electrons. The van der Waals surface area contributed by atoms with E-state index in [0.29, 0.717) is 0 Å². The van der Waals surface area contributed by atoms with Crippen molar-refractivity contribution >= 4 is 11.7 Å². The number of carbonyl (C=O) groups excluding carboxylic acids is 1. The van der Waals surface area contributed by atoms with Gasteiger partial charge in [-0.2, -0.15) is 0 Å². The normalized spacial score (nSPS) is 11.7. The van der Waals surface area contributed by atoms with E-state index in [1.54, 1.807) is 0 Å². The molecule has 5 N–H and O–H groups in total. The molecule has 7 nitrogen and oxygen atoms in total. The van der Waals surface area contributed by atoms with E-state index < -0.39 is 0 Å². The first-order valence-corrected chi connectivity index (χ1v) is 6.16. The lowest BCUT2D eigenvalue weighted by Crippen LogP contribution is -2.39. The molecule has 110 valence electrons. The summed E-state index contributed by atoms with van der Waals surface area (Å²) >= 11 is 0. The van der Waals surface area contributed by atoms with Crippen LogP contribution in [0.1, 0.15) is 30.6 Å². The van der Waals surface area contributed by atoms with Crippen LogP contribution in [0.25, 0.3) is 0 Å². The molecule has 0 unspecified atom stereocenters. The Morgan fingerprint density at radius 2 is 2.05 bits per heavy atom. The summed E-state index contributed by atoms with van der Waals surface area (Å²) < 4.78 is 0. The van der Waals surface area contributed by atoms with Crippen LogP contribution in [0.3, 0.4) is 0 Å². The van der Waals surface area contributed by atoms with Gasteiger partial charge in [-0.05, 0) is 26.0 Å². The number of aromatic hydroxyl groups is 2. The average Bonchev–Trinajstić information content (AvgIpc) is 2.37. The maximum absolute atomic E-state index is 12.4. The number of benzene rings is 1. The fraction of sp³-hybridized carbons (Fsp3) is 0.385. The molecule has 0 aliphatic carbocycles. The molecule has 0 aliphatic rings. The van der Waals surface area contributed by atoms with Gasteiger partial charge in [-0.25, -0.2) is 0 Å². The van der Waals surface area contributed by atoms with Gasteiger partial charge in [-0.15, -0.1) is 0 Å². The van der Waals surface area contributed by atoms with Gasteiger partial charge >= 0.3 is 0 Å². The molecular weight excluding hydrogens is 262 g/mol. The minimum absolute atomic E-state index is 0.0263. The molecule has 7 heteroatoms. The van der Waals surface area contributed by atoms with Gasteiger partial charge in [-0.3, -0.25) is 4.79 Å². The van der Waals surface area contributed by atoms with Crippen LogP contribution >= 0.6 is 0 Å². The smallest absolute Gasteiger partial charge is 0.257 e. The first-order valence-electron chi connectivity index (χ1n) is 6.16. The Kier molecular flexibility index (Phi) is 5.19. The molecular formula is C13H19N3O4. The fourth-order valence-electron chi connectivity index (χ4n) is 1.73. The number of hydrogen-bond donors (Lipinski definition) is 4. The standard InChI is InChI=1S/C13H19N3O4/c1-8(2)16(6-5-12(14)15-20)13(19)10-4-3-9(17)7-11(10)18/h3-4,7-8,17-18,20H,5-6H2,1-2H3,(H2,14,15). The first-order chi connectivity index (χ1) is 9.36. The number of carbonyl (C=O) groups is 1. The van der Waals surface area contributed by atoms with E-state index in [0.717, 1.165) is 6.07 Å². The Labute approximate surface area is 116 Å². The number of nitrogens with two attached hydrogens (primary N) is 1. The van der Waals surface area contributed by atoms with Crippen LogP contribution in [-0.4, -0.2) is 44.6 Å². The lowest BCUT2D eigenvalue weighted by atomic mass is 10.1. The molecule has 0 fully saturated rings. The van der Waals surface area contributed by atoms with E-state index in [1.807, 2.05) is 13.8 Å². The van der Waals surface area contributed by atoms with Crippen molar-refractivity contribution in [2.75, 3.05) is 6.54 Å². The second-order valence-corrected chi connectivity index (χ2v) is 4.64. The Hall–Kier alpha value is -2.44. The van der Waals surface area contributed by atoms with Crippen LogP contribution in [0.5, 0.6) is 11.5 Å². The van der Waals surface area contributed by atoms with Crippen molar-refractivity contribution in [3.8, 4) is 11.5 Å². The lowest BCUT2D eigenvalue weighted by Gasteiger charge is -2.27. The maximum Gasteiger partial charge on any atom is 0.257 e. The van der Waals surface area contributed by atoms with Crippen LogP contribution in [0, 0.1) is 0 Å². The van der Waals surface area contributed by atoms with Crippen LogP contribution in [-0.2, 0) is 0 Å². The van der Waals surface area contributed by atoms with Gasteiger partial charge in [0, 0.05) is 25.1 Å². The largest absolute Gasteiger partial charge is 0.508 e. The summed E-state index contributed by atoms with van der Waals surface area (Å²) in [7, 11) is 0. The Bertz CT molecular complexity index is 514. The van der Waals surface area contributed by atoms with Crippen molar-refractivity contribution in [1.29, 1.82) is 0 Å². The summed E-state index contributed by atoms with van der Waals surface area (Å²) in [4.78, 5) is 13.9. The summed E-state index contributed by atoms with van der Waals surface area (Å²) in [5.41, 5.74) is 5.48. The van der Waals surface area contributed by atoms with E-state index in [4.69, 9.17) is 10.9 Å². The monoisotopic (exact) mass is 281 g/mol. The Morgan fingerprint density at radius 1 is 1.40 bits per heavy atom. The molecule has 0 aromatic heterocycles. The van der Waals surface area contributed by atoms with E-state index in [-0.39, 0.29) is 47.8 Å². The van der Waals surface area contributed by atoms with Gasteiger partial charge in [-0.1, -0.05) is 5.16 Å². The van der Waals surface area contributed by atoms with Gasteiger partial charge in [0.25, 0.3) is 5.91 Å². The van der Waals surface area contributed by atoms with Crippen molar-refractivity contribution in [2.24, 2.45) is 10.9 Å². The zero-order valence-corrected chi connectivity index (χ0v) is 11.4. The van der Waals surface area contributed by atoms with Gasteiger partial charge in [0.05, 0.1) is 5.56 Å². The van der Waals surface area contributed by atoms with Crippen molar-refractivity contribution in [3.63, 3.8) is 0 Å². The zero-order valence-electron chi connectivity index (χ0n) is 11.4. The number of phenolic OH excluding ortho intramolecular Hbond substituents is 2. The molecule has 0 saturated carbocycles. The highest BCUT2D eigenvalue weighted by atomic mass is 16.4. The SMILES string of the molecule is CC(C)N(CC/C(N)=N/O)C(=O)c1ccc(O)cc1O. The summed E-state index contributed by atoms with van der Waals surface area (Å²) in [5.74, 6) is -0.766. The molecule has 0 spiro atoms. The number of hydrogen-bond acceptors (Lipinski definition) is 5. The highest BCUT2D eigenvalue weighted by Crippen LogP contribution is 2.24. The van der Waals surface area contributed by atoms with Gasteiger partial charge in [0.15, 0.2) is 0 Å². The van der Waals surface area contributed by atoms with Crippen molar-refractivity contribution in [3.05, 3.63) is 23.8 Å². The third-order valence-electron chi connectivity index (χ3n) is 2.83. The summed E-state index contributed by atoms with van der Waals surface area (Å²) in [6.45, 7) is 3.90. The Balaban J connectivity index is 2.94. The van der Waals surface area contributed by atoms with E-state index in [1.165, 1.54) is 17.0 Å². The minimum Gasteiger partial charge on any atom is -0.508 e. The molecule has 1 amide bonds. The summed E-state index contributed by atoms with van der Waals surface area (Å²) in [6, 6.07) is 3.66. The van der Waals surface area contributed by atoms with E-state index in [9.17, 15) is 15.0 Å². The number of nitrogens with zero attached hydrogens (tertiary/aromatic N) is 2. The summed E-state index contributed by atoms with van der Waals surface area (Å²) in [6.07, 6.45) is 0.221. The number of oxime groups is 1. The molecule has 0 atom stereocenters. The maximum atomic E-state index is 12.4. The van der Waals surface area contributed by atoms with Crippen LogP contribution < -0.4 is 5.73 Å². The second-order valence-electron chi connectivity index (χ2n) is 4.64. The number of amidine groups is 1. The molecule has 0 saturated heterocycles. The van der Waals surface area contributed by atoms with Crippen molar-refractivity contribution < 1.29 is 20.2 Å². The average molecular weight is 281 g/mol. The number of rotatable bonds is 5. The molecule has 1 aromatic carbocycles. The van der Waals surface area contributed by atoms with Gasteiger partial charge in [0.2, 0.25) is 0 Å². The fourth-order valence-corrected chi connectivity index (χ4v) is 1.73. The quantitative estimate of drug-likeness (QED) is 0.279. The van der Waals surface area contributed by atoms with Crippen molar-refractivity contribution in [1.82, 2.24) is 4.90 Å². The predicted molar refractivity (Wildman–Crippen MR) is 74.0 cm³/mol. The van der Waals surface area contributed by atoms with E-state index >= 15 is 0 Å². The predicted octanol–water partition coefficient (Wildman–Crippen LogP) is 1.08. The highest BCUT2D eigenvalue weighted by molar-refractivity contribution is 5.97.